The number of rotatable bonds is 3. The third-order valence-corrected chi connectivity index (χ3v) is 4.98. The van der Waals surface area contributed by atoms with Crippen molar-refractivity contribution in [3.05, 3.63) is 64.6 Å². The van der Waals surface area contributed by atoms with Crippen LogP contribution in [0.15, 0.2) is 30.6 Å². The number of halogens is 1. The Labute approximate surface area is 161 Å². The molecule has 0 saturated carbocycles. The van der Waals surface area contributed by atoms with Gasteiger partial charge in [-0.15, -0.1) is 10.2 Å². The molecule has 8 heteroatoms. The fourth-order valence-electron chi connectivity index (χ4n) is 3.31. The van der Waals surface area contributed by atoms with Crippen LogP contribution in [0.2, 0.25) is 0 Å². The van der Waals surface area contributed by atoms with E-state index < -0.39 is 5.95 Å². The summed E-state index contributed by atoms with van der Waals surface area (Å²) < 4.78 is 13.8. The molecular weight excluding hydrogens is 357 g/mol. The molecule has 3 aromatic heterocycles. The number of nitrogens with zero attached hydrogens (tertiary/aromatic N) is 6. The first-order chi connectivity index (χ1) is 13.6. The van der Waals surface area contributed by atoms with Gasteiger partial charge in [0.05, 0.1) is 17.6 Å². The van der Waals surface area contributed by atoms with E-state index in [1.54, 1.807) is 18.3 Å². The predicted molar refractivity (Wildman–Crippen MR) is 103 cm³/mol. The highest BCUT2D eigenvalue weighted by Gasteiger charge is 2.22. The molecule has 0 aliphatic carbocycles. The standard InChI is InChI=1S/C20H18FN7/c1-12-13(2)20(27-26-18(12)9-22)28-7-5-16-14(11-28)8-15(10-24-16)25-17-4-3-6-23-19(17)21/h3-4,6,8,10,25H,5,7,11H2,1-2H3. The van der Waals surface area contributed by atoms with Gasteiger partial charge >= 0.3 is 0 Å². The summed E-state index contributed by atoms with van der Waals surface area (Å²) in [6, 6.07) is 7.35. The lowest BCUT2D eigenvalue weighted by atomic mass is 10.0. The second kappa shape index (κ2) is 7.19. The highest BCUT2D eigenvalue weighted by Crippen LogP contribution is 2.28. The second-order valence-corrected chi connectivity index (χ2v) is 6.70. The van der Waals surface area contributed by atoms with Crippen LogP contribution in [-0.2, 0) is 13.0 Å². The number of hydrogen-bond donors (Lipinski definition) is 1. The van der Waals surface area contributed by atoms with Crippen LogP contribution in [0.4, 0.5) is 21.6 Å². The quantitative estimate of drug-likeness (QED) is 0.703. The molecule has 4 heterocycles. The maximum atomic E-state index is 13.8. The Bertz CT molecular complexity index is 1090. The summed E-state index contributed by atoms with van der Waals surface area (Å²) in [5.74, 6) is 0.222. The lowest BCUT2D eigenvalue weighted by molar-refractivity contribution is 0.588. The van der Waals surface area contributed by atoms with Gasteiger partial charge in [0.2, 0.25) is 5.95 Å². The molecule has 1 aliphatic rings. The van der Waals surface area contributed by atoms with Gasteiger partial charge in [-0.05, 0) is 48.7 Å². The average molecular weight is 375 g/mol. The summed E-state index contributed by atoms with van der Waals surface area (Å²) in [5.41, 5.74) is 5.22. The molecule has 0 amide bonds. The van der Waals surface area contributed by atoms with Crippen LogP contribution in [0.1, 0.15) is 28.1 Å². The van der Waals surface area contributed by atoms with E-state index in [-0.39, 0.29) is 0 Å². The van der Waals surface area contributed by atoms with E-state index in [1.807, 2.05) is 19.9 Å². The molecule has 0 unspecified atom stereocenters. The summed E-state index contributed by atoms with van der Waals surface area (Å²) in [6.45, 7) is 5.23. The molecule has 28 heavy (non-hydrogen) atoms. The van der Waals surface area contributed by atoms with Gasteiger partial charge in [0.25, 0.3) is 0 Å². The minimum absolute atomic E-state index is 0.307. The summed E-state index contributed by atoms with van der Waals surface area (Å²) >= 11 is 0. The monoisotopic (exact) mass is 375 g/mol. The van der Waals surface area contributed by atoms with Crippen molar-refractivity contribution in [1.82, 2.24) is 20.2 Å². The fraction of sp³-hybridized carbons (Fsp3) is 0.250. The van der Waals surface area contributed by atoms with Gasteiger partial charge in [-0.1, -0.05) is 0 Å². The molecule has 0 fully saturated rings. The number of nitrogens with one attached hydrogen (secondary N) is 1. The minimum Gasteiger partial charge on any atom is -0.351 e. The molecule has 0 aromatic carbocycles. The van der Waals surface area contributed by atoms with Gasteiger partial charge in [0.15, 0.2) is 11.5 Å². The number of anilines is 3. The van der Waals surface area contributed by atoms with E-state index in [9.17, 15) is 4.39 Å². The van der Waals surface area contributed by atoms with Crippen molar-refractivity contribution >= 4 is 17.2 Å². The Morgan fingerprint density at radius 2 is 2.07 bits per heavy atom. The summed E-state index contributed by atoms with van der Waals surface area (Å²) in [6.07, 6.45) is 3.89. The number of fused-ring (bicyclic) bond motifs is 1. The third kappa shape index (κ3) is 3.22. The van der Waals surface area contributed by atoms with Gasteiger partial charge < -0.3 is 10.2 Å². The highest BCUT2D eigenvalue weighted by molar-refractivity contribution is 5.60. The first-order valence-electron chi connectivity index (χ1n) is 8.91. The maximum Gasteiger partial charge on any atom is 0.236 e. The van der Waals surface area contributed by atoms with Crippen LogP contribution in [0.5, 0.6) is 0 Å². The molecule has 3 aromatic rings. The van der Waals surface area contributed by atoms with Crippen molar-refractivity contribution in [2.75, 3.05) is 16.8 Å². The number of nitriles is 1. The fourth-order valence-corrected chi connectivity index (χ4v) is 3.31. The molecule has 1 aliphatic heterocycles. The van der Waals surface area contributed by atoms with Gasteiger partial charge in [0, 0.05) is 31.4 Å². The van der Waals surface area contributed by atoms with E-state index >= 15 is 0 Å². The van der Waals surface area contributed by atoms with E-state index in [0.717, 1.165) is 41.2 Å². The van der Waals surface area contributed by atoms with Crippen molar-refractivity contribution in [3.8, 4) is 6.07 Å². The molecule has 140 valence electrons. The van der Waals surface area contributed by atoms with E-state index in [0.29, 0.717) is 23.6 Å². The van der Waals surface area contributed by atoms with Crippen LogP contribution in [-0.4, -0.2) is 26.7 Å². The molecule has 0 saturated heterocycles. The van der Waals surface area contributed by atoms with Crippen molar-refractivity contribution in [2.45, 2.75) is 26.8 Å². The van der Waals surface area contributed by atoms with Gasteiger partial charge in [-0.25, -0.2) is 4.98 Å². The lowest BCUT2D eigenvalue weighted by Crippen LogP contribution is -2.32. The van der Waals surface area contributed by atoms with E-state index in [1.165, 1.54) is 6.20 Å². The van der Waals surface area contributed by atoms with Crippen LogP contribution < -0.4 is 10.2 Å². The molecule has 0 radical (unpaired) electrons. The van der Waals surface area contributed by atoms with Gasteiger partial charge in [0.1, 0.15) is 6.07 Å². The first kappa shape index (κ1) is 17.8. The van der Waals surface area contributed by atoms with Crippen LogP contribution in [0.25, 0.3) is 0 Å². The Hall–Kier alpha value is -3.60. The zero-order valence-electron chi connectivity index (χ0n) is 15.6. The zero-order valence-corrected chi connectivity index (χ0v) is 15.6. The van der Waals surface area contributed by atoms with Crippen molar-refractivity contribution < 1.29 is 4.39 Å². The Kier molecular flexibility index (Phi) is 4.57. The lowest BCUT2D eigenvalue weighted by Gasteiger charge is -2.30. The van der Waals surface area contributed by atoms with Crippen molar-refractivity contribution in [1.29, 1.82) is 5.26 Å². The Morgan fingerprint density at radius 1 is 1.21 bits per heavy atom. The first-order valence-corrected chi connectivity index (χ1v) is 8.91. The normalized spacial score (nSPS) is 13.0. The average Bonchev–Trinajstić information content (AvgIpc) is 2.71. The molecule has 0 spiro atoms. The number of pyridine rings is 2. The second-order valence-electron chi connectivity index (χ2n) is 6.70. The Balaban J connectivity index is 1.61. The molecule has 4 rings (SSSR count). The third-order valence-electron chi connectivity index (χ3n) is 4.98. The molecule has 7 nitrogen and oxygen atoms in total. The van der Waals surface area contributed by atoms with E-state index in [4.69, 9.17) is 5.26 Å². The summed E-state index contributed by atoms with van der Waals surface area (Å²) in [7, 11) is 0. The molecule has 0 bridgehead atoms. The topological polar surface area (TPSA) is 90.6 Å². The molecule has 1 N–H and O–H groups in total. The molecule has 0 atom stereocenters. The largest absolute Gasteiger partial charge is 0.351 e. The van der Waals surface area contributed by atoms with Crippen LogP contribution in [0.3, 0.4) is 0 Å². The highest BCUT2D eigenvalue weighted by atomic mass is 19.1. The molecular formula is C20H18FN7. The van der Waals surface area contributed by atoms with Crippen molar-refractivity contribution in [3.63, 3.8) is 0 Å². The predicted octanol–water partition coefficient (Wildman–Crippen LogP) is 3.20. The van der Waals surface area contributed by atoms with E-state index in [2.05, 4.69) is 36.5 Å². The zero-order chi connectivity index (χ0) is 19.7. The Morgan fingerprint density at radius 3 is 2.86 bits per heavy atom. The summed E-state index contributed by atoms with van der Waals surface area (Å²) in [5, 5.41) is 20.5. The minimum atomic E-state index is -0.555. The smallest absolute Gasteiger partial charge is 0.236 e. The van der Waals surface area contributed by atoms with Gasteiger partial charge in [-0.2, -0.15) is 9.65 Å². The van der Waals surface area contributed by atoms with Gasteiger partial charge in [-0.3, -0.25) is 4.98 Å². The van der Waals surface area contributed by atoms with Crippen LogP contribution >= 0.6 is 0 Å². The maximum absolute atomic E-state index is 13.8. The summed E-state index contributed by atoms with van der Waals surface area (Å²) in [4.78, 5) is 10.3. The van der Waals surface area contributed by atoms with Crippen LogP contribution in [0, 0.1) is 31.1 Å². The SMILES string of the molecule is Cc1c(C#N)nnc(N2CCc3ncc(Nc4cccnc4F)cc3C2)c1C. The number of aromatic nitrogens is 4. The van der Waals surface area contributed by atoms with Crippen molar-refractivity contribution in [2.24, 2.45) is 0 Å². The number of hydrogen-bond acceptors (Lipinski definition) is 7.